The molecule has 17 heavy (non-hydrogen) atoms. The molecule has 1 atom stereocenters. The lowest BCUT2D eigenvalue weighted by atomic mass is 9.95. The minimum atomic E-state index is -4.62. The summed E-state index contributed by atoms with van der Waals surface area (Å²) < 4.78 is 40.2. The van der Waals surface area contributed by atoms with Crippen LogP contribution in [0.2, 0.25) is 0 Å². The van der Waals surface area contributed by atoms with E-state index in [0.717, 1.165) is 30.6 Å². The summed E-state index contributed by atoms with van der Waals surface area (Å²) in [6.07, 6.45) is -3.89. The maximum absolute atomic E-state index is 12.1. The van der Waals surface area contributed by atoms with Crippen molar-refractivity contribution in [2.24, 2.45) is 0 Å². The highest BCUT2D eigenvalue weighted by Crippen LogP contribution is 2.29. The Morgan fingerprint density at radius 3 is 2.82 bits per heavy atom. The number of nitrogens with one attached hydrogen (secondary N) is 1. The minimum absolute atomic E-state index is 0.134. The van der Waals surface area contributed by atoms with Crippen LogP contribution in [0.25, 0.3) is 0 Å². The molecule has 0 unspecified atom stereocenters. The van der Waals surface area contributed by atoms with E-state index in [1.54, 1.807) is 6.07 Å². The number of benzene rings is 1. The number of fused-ring (bicyclic) bond motifs is 1. The Labute approximate surface area is 97.8 Å². The molecule has 0 aliphatic carbocycles. The van der Waals surface area contributed by atoms with E-state index in [0.29, 0.717) is 5.92 Å². The molecule has 0 spiro atoms. The number of alkyl halides is 3. The van der Waals surface area contributed by atoms with Crippen LogP contribution in [-0.2, 0) is 6.42 Å². The molecule has 0 amide bonds. The largest absolute Gasteiger partial charge is 0.573 e. The summed E-state index contributed by atoms with van der Waals surface area (Å²) in [4.78, 5) is 0. The van der Waals surface area contributed by atoms with Gasteiger partial charge in [0.25, 0.3) is 0 Å². The van der Waals surface area contributed by atoms with Crippen LogP contribution >= 0.6 is 0 Å². The van der Waals surface area contributed by atoms with Crippen molar-refractivity contribution in [3.05, 3.63) is 29.3 Å². The average molecular weight is 245 g/mol. The lowest BCUT2D eigenvalue weighted by Gasteiger charge is -2.14. The van der Waals surface area contributed by atoms with Crippen molar-refractivity contribution < 1.29 is 17.9 Å². The van der Waals surface area contributed by atoms with Crippen LogP contribution in [0.4, 0.5) is 13.2 Å². The molecule has 0 saturated heterocycles. The molecular formula is C12H14F3NO. The third kappa shape index (κ3) is 3.12. The van der Waals surface area contributed by atoms with Gasteiger partial charge in [-0.3, -0.25) is 0 Å². The zero-order valence-electron chi connectivity index (χ0n) is 9.47. The summed E-state index contributed by atoms with van der Waals surface area (Å²) >= 11 is 0. The van der Waals surface area contributed by atoms with Gasteiger partial charge in [-0.15, -0.1) is 13.2 Å². The van der Waals surface area contributed by atoms with Crippen LogP contribution in [0.1, 0.15) is 24.0 Å². The van der Waals surface area contributed by atoms with E-state index in [2.05, 4.69) is 17.0 Å². The molecule has 0 fully saturated rings. The van der Waals surface area contributed by atoms with Crippen molar-refractivity contribution >= 4 is 0 Å². The van der Waals surface area contributed by atoms with Gasteiger partial charge in [0.05, 0.1) is 0 Å². The predicted octanol–water partition coefficient (Wildman–Crippen LogP) is 2.83. The molecule has 0 bridgehead atoms. The molecule has 1 aromatic rings. The molecule has 94 valence electrons. The first-order valence-electron chi connectivity index (χ1n) is 5.55. The van der Waals surface area contributed by atoms with Gasteiger partial charge in [-0.2, -0.15) is 0 Å². The summed E-state index contributed by atoms with van der Waals surface area (Å²) in [6.45, 7) is 3.70. The fourth-order valence-electron chi connectivity index (χ4n) is 2.13. The number of halogens is 3. The first kappa shape index (κ1) is 12.2. The molecule has 1 aliphatic rings. The predicted molar refractivity (Wildman–Crippen MR) is 58.1 cm³/mol. The van der Waals surface area contributed by atoms with Crippen molar-refractivity contribution in [1.29, 1.82) is 0 Å². The quantitative estimate of drug-likeness (QED) is 0.821. The second-order valence-corrected chi connectivity index (χ2v) is 4.26. The molecule has 2 nitrogen and oxygen atoms in total. The normalized spacial score (nSPS) is 20.6. The number of ether oxygens (including phenoxy) is 1. The standard InChI is InChI=1S/C12H14F3NO/c1-8-7-16-5-4-9-6-10(2-3-11(8)9)17-12(13,14)15/h2-3,6,8,16H,4-5,7H2,1H3/t8-/m1/s1. The SMILES string of the molecule is C[C@@H]1CNCCc2cc(OC(F)(F)F)ccc21. The summed E-state index contributed by atoms with van der Waals surface area (Å²) in [5.74, 6) is 0.179. The van der Waals surface area contributed by atoms with Gasteiger partial charge in [-0.25, -0.2) is 0 Å². The zero-order chi connectivity index (χ0) is 12.5. The van der Waals surface area contributed by atoms with Crippen LogP contribution in [0.3, 0.4) is 0 Å². The second kappa shape index (κ2) is 4.56. The molecule has 1 N–H and O–H groups in total. The topological polar surface area (TPSA) is 21.3 Å². The molecule has 0 radical (unpaired) electrons. The van der Waals surface area contributed by atoms with Crippen LogP contribution in [0.5, 0.6) is 5.75 Å². The highest BCUT2D eigenvalue weighted by Gasteiger charge is 2.31. The lowest BCUT2D eigenvalue weighted by Crippen LogP contribution is -2.18. The molecule has 1 aromatic carbocycles. The number of rotatable bonds is 1. The summed E-state index contributed by atoms with van der Waals surface area (Å²) in [6, 6.07) is 4.61. The monoisotopic (exact) mass is 245 g/mol. The molecule has 0 aromatic heterocycles. The second-order valence-electron chi connectivity index (χ2n) is 4.26. The summed E-state index contributed by atoms with van der Waals surface area (Å²) in [7, 11) is 0. The van der Waals surface area contributed by atoms with Crippen LogP contribution in [0, 0.1) is 0 Å². The van der Waals surface area contributed by atoms with E-state index in [1.165, 1.54) is 12.1 Å². The van der Waals surface area contributed by atoms with Crippen molar-refractivity contribution in [3.8, 4) is 5.75 Å². The van der Waals surface area contributed by atoms with E-state index in [-0.39, 0.29) is 5.75 Å². The Hall–Kier alpha value is -1.23. The van der Waals surface area contributed by atoms with Crippen molar-refractivity contribution in [1.82, 2.24) is 5.32 Å². The van der Waals surface area contributed by atoms with E-state index < -0.39 is 6.36 Å². The van der Waals surface area contributed by atoms with Gasteiger partial charge in [0.2, 0.25) is 0 Å². The fraction of sp³-hybridized carbons (Fsp3) is 0.500. The third-order valence-corrected chi connectivity index (χ3v) is 2.90. The van der Waals surface area contributed by atoms with E-state index in [9.17, 15) is 13.2 Å². The van der Waals surface area contributed by atoms with Gasteiger partial charge >= 0.3 is 6.36 Å². The van der Waals surface area contributed by atoms with Crippen molar-refractivity contribution in [3.63, 3.8) is 0 Å². The van der Waals surface area contributed by atoms with E-state index >= 15 is 0 Å². The number of hydrogen-bond acceptors (Lipinski definition) is 2. The minimum Gasteiger partial charge on any atom is -0.406 e. The molecule has 0 saturated carbocycles. The lowest BCUT2D eigenvalue weighted by molar-refractivity contribution is -0.274. The van der Waals surface area contributed by atoms with Crippen LogP contribution in [-0.4, -0.2) is 19.5 Å². The Morgan fingerprint density at radius 2 is 2.12 bits per heavy atom. The maximum Gasteiger partial charge on any atom is 0.573 e. The fourth-order valence-corrected chi connectivity index (χ4v) is 2.13. The van der Waals surface area contributed by atoms with Gasteiger partial charge in [-0.05, 0) is 42.1 Å². The van der Waals surface area contributed by atoms with Gasteiger partial charge in [0.15, 0.2) is 0 Å². The third-order valence-electron chi connectivity index (χ3n) is 2.90. The van der Waals surface area contributed by atoms with Gasteiger partial charge in [-0.1, -0.05) is 13.0 Å². The number of hydrogen-bond donors (Lipinski definition) is 1. The molecular weight excluding hydrogens is 231 g/mol. The van der Waals surface area contributed by atoms with Crippen LogP contribution < -0.4 is 10.1 Å². The average Bonchev–Trinajstić information content (AvgIpc) is 2.38. The van der Waals surface area contributed by atoms with Gasteiger partial charge < -0.3 is 10.1 Å². The molecule has 1 aliphatic heterocycles. The van der Waals surface area contributed by atoms with Crippen molar-refractivity contribution in [2.75, 3.05) is 13.1 Å². The maximum atomic E-state index is 12.1. The van der Waals surface area contributed by atoms with E-state index in [1.807, 2.05) is 0 Å². The Kier molecular flexibility index (Phi) is 3.28. The first-order chi connectivity index (χ1) is 7.96. The van der Waals surface area contributed by atoms with Crippen molar-refractivity contribution in [2.45, 2.75) is 25.6 Å². The molecule has 1 heterocycles. The molecule has 2 rings (SSSR count). The van der Waals surface area contributed by atoms with Gasteiger partial charge in [0, 0.05) is 6.54 Å². The first-order valence-corrected chi connectivity index (χ1v) is 5.55. The molecule has 5 heteroatoms. The van der Waals surface area contributed by atoms with Crippen LogP contribution in [0.15, 0.2) is 18.2 Å². The highest BCUT2D eigenvalue weighted by molar-refractivity contribution is 5.38. The Balaban J connectivity index is 2.27. The van der Waals surface area contributed by atoms with Gasteiger partial charge in [0.1, 0.15) is 5.75 Å². The highest BCUT2D eigenvalue weighted by atomic mass is 19.4. The Bertz CT molecular complexity index is 403. The zero-order valence-corrected chi connectivity index (χ0v) is 9.47. The summed E-state index contributed by atoms with van der Waals surface area (Å²) in [5, 5.41) is 3.25. The van der Waals surface area contributed by atoms with E-state index in [4.69, 9.17) is 0 Å². The Morgan fingerprint density at radius 1 is 1.35 bits per heavy atom. The smallest absolute Gasteiger partial charge is 0.406 e. The summed E-state index contributed by atoms with van der Waals surface area (Å²) in [5.41, 5.74) is 2.04.